The van der Waals surface area contributed by atoms with Crippen molar-refractivity contribution in [1.82, 2.24) is 0 Å². The van der Waals surface area contributed by atoms with Gasteiger partial charge in [-0.1, -0.05) is 43.7 Å². The van der Waals surface area contributed by atoms with Crippen LogP contribution in [0.15, 0.2) is 35.5 Å². The Kier molecular flexibility index (Phi) is 7.47. The number of carbonyl (C=O) groups excluding carboxylic acids is 2. The van der Waals surface area contributed by atoms with Crippen LogP contribution in [-0.4, -0.2) is 17.9 Å². The van der Waals surface area contributed by atoms with Crippen molar-refractivity contribution in [3.63, 3.8) is 0 Å². The number of cyclic esters (lactones) is 1. The Morgan fingerprint density at radius 2 is 1.87 bits per heavy atom. The maximum Gasteiger partial charge on any atom is 0.316 e. The van der Waals surface area contributed by atoms with Crippen molar-refractivity contribution in [2.75, 3.05) is 0 Å². The van der Waals surface area contributed by atoms with E-state index in [2.05, 4.69) is 19.6 Å². The highest BCUT2D eigenvalue weighted by Crippen LogP contribution is 2.22. The largest absolute Gasteiger partial charge is 0.457 e. The SMILES string of the molecule is C=C1/C=C(\C)[C@@H](CC)OC(=O)C(C)C(=O)CC/C(C)=C/[C@@H](C)C1. The summed E-state index contributed by atoms with van der Waals surface area (Å²) in [5.41, 5.74) is 3.20. The molecule has 0 aromatic heterocycles. The van der Waals surface area contributed by atoms with E-state index in [1.165, 1.54) is 5.57 Å². The van der Waals surface area contributed by atoms with Gasteiger partial charge in [0.15, 0.2) is 0 Å². The van der Waals surface area contributed by atoms with E-state index in [0.717, 1.165) is 17.6 Å². The predicted molar refractivity (Wildman–Crippen MR) is 94.0 cm³/mol. The van der Waals surface area contributed by atoms with E-state index in [9.17, 15) is 9.59 Å². The molecule has 0 aromatic carbocycles. The Morgan fingerprint density at radius 3 is 2.48 bits per heavy atom. The second kappa shape index (κ2) is 8.85. The maximum atomic E-state index is 12.2. The van der Waals surface area contributed by atoms with E-state index in [4.69, 9.17) is 4.74 Å². The molecule has 0 radical (unpaired) electrons. The molecular weight excluding hydrogens is 288 g/mol. The summed E-state index contributed by atoms with van der Waals surface area (Å²) in [5, 5.41) is 0. The highest BCUT2D eigenvalue weighted by atomic mass is 16.5. The smallest absolute Gasteiger partial charge is 0.316 e. The quantitative estimate of drug-likeness (QED) is 0.397. The number of allylic oxidation sites excluding steroid dienone is 4. The average molecular weight is 318 g/mol. The van der Waals surface area contributed by atoms with Crippen LogP contribution >= 0.6 is 0 Å². The van der Waals surface area contributed by atoms with E-state index in [0.29, 0.717) is 25.2 Å². The first-order chi connectivity index (χ1) is 10.7. The molecule has 0 aromatic rings. The minimum atomic E-state index is -0.701. The molecule has 1 heterocycles. The molecule has 0 aliphatic carbocycles. The van der Waals surface area contributed by atoms with E-state index in [1.807, 2.05) is 26.8 Å². The number of carbonyl (C=O) groups is 2. The van der Waals surface area contributed by atoms with Crippen LogP contribution in [0.25, 0.3) is 0 Å². The van der Waals surface area contributed by atoms with Crippen LogP contribution in [0, 0.1) is 11.8 Å². The van der Waals surface area contributed by atoms with Gasteiger partial charge in [0, 0.05) is 6.42 Å². The van der Waals surface area contributed by atoms with Gasteiger partial charge in [0.1, 0.15) is 17.8 Å². The number of hydrogen-bond acceptors (Lipinski definition) is 3. The van der Waals surface area contributed by atoms with Gasteiger partial charge in [-0.25, -0.2) is 0 Å². The fourth-order valence-corrected chi connectivity index (χ4v) is 2.92. The Labute approximate surface area is 140 Å². The van der Waals surface area contributed by atoms with Gasteiger partial charge in [0.25, 0.3) is 0 Å². The third-order valence-electron chi connectivity index (χ3n) is 4.32. The van der Waals surface area contributed by atoms with Crippen LogP contribution in [0.2, 0.25) is 0 Å². The first-order valence-electron chi connectivity index (χ1n) is 8.51. The molecule has 3 nitrogen and oxygen atoms in total. The monoisotopic (exact) mass is 318 g/mol. The predicted octanol–water partition coefficient (Wildman–Crippen LogP) is 4.78. The lowest BCUT2D eigenvalue weighted by Crippen LogP contribution is -2.28. The van der Waals surface area contributed by atoms with Crippen LogP contribution in [0.3, 0.4) is 0 Å². The zero-order valence-electron chi connectivity index (χ0n) is 15.1. The number of ketones is 1. The van der Waals surface area contributed by atoms with Crippen molar-refractivity contribution in [1.29, 1.82) is 0 Å². The third kappa shape index (κ3) is 6.17. The molecule has 0 N–H and O–H groups in total. The minimum Gasteiger partial charge on any atom is -0.457 e. The molecule has 23 heavy (non-hydrogen) atoms. The Bertz CT molecular complexity index is 525. The van der Waals surface area contributed by atoms with Gasteiger partial charge in [-0.15, -0.1) is 0 Å². The maximum absolute atomic E-state index is 12.2. The van der Waals surface area contributed by atoms with Crippen LogP contribution < -0.4 is 0 Å². The number of rotatable bonds is 1. The average Bonchev–Trinajstić information content (AvgIpc) is 2.47. The summed E-state index contributed by atoms with van der Waals surface area (Å²) < 4.78 is 5.56. The molecule has 3 atom stereocenters. The lowest BCUT2D eigenvalue weighted by molar-refractivity contribution is -0.154. The summed E-state index contributed by atoms with van der Waals surface area (Å²) in [6.45, 7) is 13.9. The summed E-state index contributed by atoms with van der Waals surface area (Å²) >= 11 is 0. The molecule has 0 amide bonds. The molecule has 0 bridgehead atoms. The fourth-order valence-electron chi connectivity index (χ4n) is 2.92. The van der Waals surface area contributed by atoms with Gasteiger partial charge in [-0.3, -0.25) is 9.59 Å². The van der Waals surface area contributed by atoms with Crippen molar-refractivity contribution in [3.8, 4) is 0 Å². The van der Waals surface area contributed by atoms with Gasteiger partial charge in [0.2, 0.25) is 0 Å². The second-order valence-electron chi connectivity index (χ2n) is 6.76. The number of ether oxygens (including phenoxy) is 1. The zero-order chi connectivity index (χ0) is 17.6. The number of Topliss-reactive ketones (excluding diaryl/α,β-unsaturated/α-hetero) is 1. The van der Waals surface area contributed by atoms with Crippen molar-refractivity contribution in [2.45, 2.75) is 66.4 Å². The van der Waals surface area contributed by atoms with Crippen molar-refractivity contribution >= 4 is 11.8 Å². The van der Waals surface area contributed by atoms with Crippen LogP contribution in [-0.2, 0) is 14.3 Å². The van der Waals surface area contributed by atoms with Gasteiger partial charge >= 0.3 is 5.97 Å². The molecule has 1 unspecified atom stereocenters. The molecular formula is C20H30O3. The Hall–Kier alpha value is -1.64. The van der Waals surface area contributed by atoms with Crippen LogP contribution in [0.5, 0.6) is 0 Å². The van der Waals surface area contributed by atoms with Gasteiger partial charge in [0.05, 0.1) is 0 Å². The van der Waals surface area contributed by atoms with Crippen LogP contribution in [0.4, 0.5) is 0 Å². The first-order valence-corrected chi connectivity index (χ1v) is 8.51. The molecule has 1 aliphatic rings. The van der Waals surface area contributed by atoms with Gasteiger partial charge in [-0.2, -0.15) is 0 Å². The molecule has 0 spiro atoms. The van der Waals surface area contributed by atoms with Gasteiger partial charge in [-0.05, 0) is 51.5 Å². The summed E-state index contributed by atoms with van der Waals surface area (Å²) in [7, 11) is 0. The lowest BCUT2D eigenvalue weighted by Gasteiger charge is -2.20. The number of esters is 1. The first kappa shape index (κ1) is 19.4. The molecule has 1 rings (SSSR count). The van der Waals surface area contributed by atoms with Crippen molar-refractivity contribution in [3.05, 3.63) is 35.5 Å². The van der Waals surface area contributed by atoms with Crippen molar-refractivity contribution in [2.24, 2.45) is 11.8 Å². The molecule has 0 saturated carbocycles. The summed E-state index contributed by atoms with van der Waals surface area (Å²) in [6, 6.07) is 0. The topological polar surface area (TPSA) is 43.4 Å². The van der Waals surface area contributed by atoms with E-state index in [1.54, 1.807) is 6.92 Å². The number of hydrogen-bond donors (Lipinski definition) is 0. The third-order valence-corrected chi connectivity index (χ3v) is 4.32. The lowest BCUT2D eigenvalue weighted by atomic mass is 9.94. The Morgan fingerprint density at radius 1 is 1.22 bits per heavy atom. The highest BCUT2D eigenvalue weighted by Gasteiger charge is 2.25. The molecule has 1 aliphatic heterocycles. The molecule has 128 valence electrons. The van der Waals surface area contributed by atoms with E-state index in [-0.39, 0.29) is 11.9 Å². The Balaban J connectivity index is 3.08. The minimum absolute atomic E-state index is 0.0478. The summed E-state index contributed by atoms with van der Waals surface area (Å²) in [4.78, 5) is 24.4. The van der Waals surface area contributed by atoms with E-state index < -0.39 is 11.9 Å². The molecule has 3 heteroatoms. The van der Waals surface area contributed by atoms with Crippen LogP contribution in [0.1, 0.15) is 60.3 Å². The molecule has 0 fully saturated rings. The second-order valence-corrected chi connectivity index (χ2v) is 6.76. The highest BCUT2D eigenvalue weighted by molar-refractivity contribution is 5.98. The van der Waals surface area contributed by atoms with Gasteiger partial charge < -0.3 is 4.74 Å². The normalized spacial score (nSPS) is 33.1. The summed E-state index contributed by atoms with van der Waals surface area (Å²) in [6.07, 6.45) is 6.56. The fraction of sp³-hybridized carbons (Fsp3) is 0.600. The molecule has 0 saturated heterocycles. The zero-order valence-corrected chi connectivity index (χ0v) is 15.1. The standard InChI is InChI=1S/C20H30O3/c1-7-19-16(5)12-15(4)11-14(3)10-13(2)8-9-18(21)17(6)20(22)23-19/h10,12,14,17,19H,4,7-9,11H2,1-3,5-6H3/b13-10+,16-12+/t14-,17?,19-/m1/s1. The van der Waals surface area contributed by atoms with Crippen molar-refractivity contribution < 1.29 is 14.3 Å². The van der Waals surface area contributed by atoms with E-state index >= 15 is 0 Å². The summed E-state index contributed by atoms with van der Waals surface area (Å²) in [5.74, 6) is -0.793.